The normalized spacial score (nSPS) is 28.0. The molecule has 150 valence electrons. The maximum Gasteiger partial charge on any atom is 0.306 e. The number of hydrogen-bond acceptors (Lipinski definition) is 4. The number of rotatable bonds is 3. The molecule has 4 aliphatic rings. The van der Waals surface area contributed by atoms with E-state index in [9.17, 15) is 9.59 Å². The maximum atomic E-state index is 12.9. The highest BCUT2D eigenvalue weighted by Gasteiger charge is 2.54. The van der Waals surface area contributed by atoms with Crippen LogP contribution in [-0.2, 0) is 14.3 Å². The van der Waals surface area contributed by atoms with Crippen LogP contribution in [0, 0.1) is 16.7 Å². The van der Waals surface area contributed by atoms with Gasteiger partial charge in [0.25, 0.3) is 0 Å². The zero-order chi connectivity index (χ0) is 19.4. The van der Waals surface area contributed by atoms with Crippen molar-refractivity contribution in [3.8, 4) is 5.75 Å². The number of benzene rings is 1. The molecule has 2 aliphatic heterocycles. The summed E-state index contributed by atoms with van der Waals surface area (Å²) in [7, 11) is 1.75. The van der Waals surface area contributed by atoms with Gasteiger partial charge in [0.2, 0.25) is 5.91 Å². The Kier molecular flexibility index (Phi) is 4.18. The third-order valence-electron chi connectivity index (χ3n) is 7.84. The zero-order valence-electron chi connectivity index (χ0n) is 16.6. The van der Waals surface area contributed by atoms with Gasteiger partial charge in [0.15, 0.2) is 0 Å². The van der Waals surface area contributed by atoms with Crippen molar-refractivity contribution in [3.05, 3.63) is 29.8 Å². The maximum absolute atomic E-state index is 12.9. The van der Waals surface area contributed by atoms with Crippen LogP contribution in [0.4, 0.5) is 0 Å². The molecule has 0 aromatic heterocycles. The Bertz CT molecular complexity index is 782. The topological polar surface area (TPSA) is 55.8 Å². The van der Waals surface area contributed by atoms with E-state index < -0.39 is 0 Å². The molecule has 5 nitrogen and oxygen atoms in total. The van der Waals surface area contributed by atoms with Crippen LogP contribution in [0.1, 0.15) is 56.4 Å². The molecule has 0 bridgehead atoms. The van der Waals surface area contributed by atoms with Gasteiger partial charge >= 0.3 is 5.97 Å². The van der Waals surface area contributed by atoms with E-state index in [4.69, 9.17) is 9.47 Å². The van der Waals surface area contributed by atoms with Crippen molar-refractivity contribution < 1.29 is 19.1 Å². The Morgan fingerprint density at radius 1 is 1.11 bits per heavy atom. The summed E-state index contributed by atoms with van der Waals surface area (Å²) < 4.78 is 10.7. The second kappa shape index (κ2) is 6.50. The first-order valence-electron chi connectivity index (χ1n) is 10.6. The van der Waals surface area contributed by atoms with E-state index in [1.807, 2.05) is 6.07 Å². The number of esters is 1. The molecular weight excluding hydrogens is 354 g/mol. The van der Waals surface area contributed by atoms with Gasteiger partial charge in [-0.25, -0.2) is 0 Å². The molecular formula is C23H29NO4. The summed E-state index contributed by atoms with van der Waals surface area (Å²) >= 11 is 0. The SMILES string of the molecule is COc1ccccc1C1CC2(CCN(C(=O)C3CC4(COC(=O)C4)C3)CC2)C1. The minimum atomic E-state index is -0.0969. The number of cyclic esters (lactones) is 1. The fourth-order valence-corrected chi connectivity index (χ4v) is 6.14. The minimum absolute atomic E-state index is 0.0235. The summed E-state index contributed by atoms with van der Waals surface area (Å²) in [5, 5.41) is 0. The van der Waals surface area contributed by atoms with Crippen LogP contribution < -0.4 is 4.74 Å². The summed E-state index contributed by atoms with van der Waals surface area (Å²) in [5.41, 5.74) is 1.72. The number of hydrogen-bond donors (Lipinski definition) is 0. The second-order valence-electron chi connectivity index (χ2n) is 9.62. The average Bonchev–Trinajstić information content (AvgIpc) is 3.07. The lowest BCUT2D eigenvalue weighted by Gasteiger charge is -2.53. The van der Waals surface area contributed by atoms with E-state index in [1.54, 1.807) is 7.11 Å². The lowest BCUT2D eigenvalue weighted by atomic mass is 9.55. The number of ether oxygens (including phenoxy) is 2. The summed E-state index contributed by atoms with van der Waals surface area (Å²) in [5.74, 6) is 1.90. The predicted molar refractivity (Wildman–Crippen MR) is 104 cm³/mol. The lowest BCUT2D eigenvalue weighted by Crippen LogP contribution is -2.52. The molecule has 1 amide bonds. The van der Waals surface area contributed by atoms with Gasteiger partial charge in [-0.3, -0.25) is 9.59 Å². The second-order valence-corrected chi connectivity index (χ2v) is 9.62. The molecule has 4 fully saturated rings. The van der Waals surface area contributed by atoms with Crippen molar-refractivity contribution in [3.63, 3.8) is 0 Å². The molecule has 1 aromatic carbocycles. The van der Waals surface area contributed by atoms with Crippen LogP contribution in [0.5, 0.6) is 5.75 Å². The quantitative estimate of drug-likeness (QED) is 0.750. The van der Waals surface area contributed by atoms with Crippen molar-refractivity contribution in [1.82, 2.24) is 4.90 Å². The van der Waals surface area contributed by atoms with E-state index in [1.165, 1.54) is 18.4 Å². The summed E-state index contributed by atoms with van der Waals surface area (Å²) in [6.07, 6.45) is 6.81. The Balaban J connectivity index is 1.13. The largest absolute Gasteiger partial charge is 0.496 e. The fourth-order valence-electron chi connectivity index (χ4n) is 6.14. The number of carbonyl (C=O) groups is 2. The molecule has 2 aliphatic carbocycles. The molecule has 5 heteroatoms. The number of para-hydroxylation sites is 1. The Morgan fingerprint density at radius 3 is 2.46 bits per heavy atom. The molecule has 5 rings (SSSR count). The smallest absolute Gasteiger partial charge is 0.306 e. The Labute approximate surface area is 166 Å². The molecule has 0 atom stereocenters. The van der Waals surface area contributed by atoms with Gasteiger partial charge in [0, 0.05) is 24.4 Å². The van der Waals surface area contributed by atoms with Crippen LogP contribution in [-0.4, -0.2) is 43.6 Å². The third-order valence-corrected chi connectivity index (χ3v) is 7.84. The predicted octanol–water partition coefficient (Wildman–Crippen LogP) is 3.52. The lowest BCUT2D eigenvalue weighted by molar-refractivity contribution is -0.147. The third kappa shape index (κ3) is 2.90. The molecule has 28 heavy (non-hydrogen) atoms. The van der Waals surface area contributed by atoms with E-state index in [2.05, 4.69) is 23.1 Å². The van der Waals surface area contributed by atoms with Gasteiger partial charge in [0.05, 0.1) is 20.1 Å². The molecule has 2 spiro atoms. The molecule has 2 saturated heterocycles. The number of carbonyl (C=O) groups excluding carboxylic acids is 2. The first-order chi connectivity index (χ1) is 13.5. The first kappa shape index (κ1) is 18.0. The van der Waals surface area contributed by atoms with Crippen LogP contribution >= 0.6 is 0 Å². The van der Waals surface area contributed by atoms with E-state index >= 15 is 0 Å². The van der Waals surface area contributed by atoms with Crippen LogP contribution in [0.15, 0.2) is 24.3 Å². The van der Waals surface area contributed by atoms with Crippen molar-refractivity contribution in [1.29, 1.82) is 0 Å². The number of methoxy groups -OCH3 is 1. The molecule has 0 N–H and O–H groups in total. The fraction of sp³-hybridized carbons (Fsp3) is 0.652. The van der Waals surface area contributed by atoms with Gasteiger partial charge in [-0.05, 0) is 61.5 Å². The van der Waals surface area contributed by atoms with Crippen molar-refractivity contribution >= 4 is 11.9 Å². The monoisotopic (exact) mass is 383 g/mol. The zero-order valence-corrected chi connectivity index (χ0v) is 16.6. The van der Waals surface area contributed by atoms with Crippen molar-refractivity contribution in [2.45, 2.75) is 50.9 Å². The van der Waals surface area contributed by atoms with E-state index in [0.717, 1.165) is 44.5 Å². The molecule has 2 heterocycles. The van der Waals surface area contributed by atoms with Gasteiger partial charge < -0.3 is 14.4 Å². The van der Waals surface area contributed by atoms with Gasteiger partial charge in [0.1, 0.15) is 5.75 Å². The van der Waals surface area contributed by atoms with Gasteiger partial charge in [-0.15, -0.1) is 0 Å². The number of likely N-dealkylation sites (tertiary alicyclic amines) is 1. The van der Waals surface area contributed by atoms with Crippen molar-refractivity contribution in [2.24, 2.45) is 16.7 Å². The summed E-state index contributed by atoms with van der Waals surface area (Å²) in [4.78, 5) is 26.3. The molecule has 1 aromatic rings. The van der Waals surface area contributed by atoms with Crippen LogP contribution in [0.25, 0.3) is 0 Å². The van der Waals surface area contributed by atoms with Crippen LogP contribution in [0.3, 0.4) is 0 Å². The molecule has 0 unspecified atom stereocenters. The number of piperidine rings is 1. The highest BCUT2D eigenvalue weighted by molar-refractivity contribution is 5.81. The Morgan fingerprint density at radius 2 is 1.82 bits per heavy atom. The first-order valence-corrected chi connectivity index (χ1v) is 10.6. The van der Waals surface area contributed by atoms with E-state index in [-0.39, 0.29) is 17.3 Å². The molecule has 0 radical (unpaired) electrons. The highest BCUT2D eigenvalue weighted by Crippen LogP contribution is 2.58. The highest BCUT2D eigenvalue weighted by atomic mass is 16.5. The number of nitrogens with zero attached hydrogens (tertiary/aromatic N) is 1. The van der Waals surface area contributed by atoms with Crippen molar-refractivity contribution in [2.75, 3.05) is 26.8 Å². The Hall–Kier alpha value is -2.04. The number of amides is 1. The average molecular weight is 383 g/mol. The van der Waals surface area contributed by atoms with Gasteiger partial charge in [-0.1, -0.05) is 18.2 Å². The summed E-state index contributed by atoms with van der Waals surface area (Å²) in [6, 6.07) is 8.37. The minimum Gasteiger partial charge on any atom is -0.496 e. The standard InChI is InChI=1S/C23H29NO4/c1-27-19-5-3-2-4-18(19)16-10-22(11-16)6-8-24(9-7-22)21(26)17-12-23(13-17)14-20(25)28-15-23/h2-5,16-17H,6-15H2,1H3. The summed E-state index contributed by atoms with van der Waals surface area (Å²) in [6.45, 7) is 2.29. The van der Waals surface area contributed by atoms with E-state index in [0.29, 0.717) is 30.3 Å². The van der Waals surface area contributed by atoms with Gasteiger partial charge in [-0.2, -0.15) is 0 Å². The van der Waals surface area contributed by atoms with Crippen LogP contribution in [0.2, 0.25) is 0 Å². The molecule has 2 saturated carbocycles.